The van der Waals surface area contributed by atoms with E-state index < -0.39 is 0 Å². The summed E-state index contributed by atoms with van der Waals surface area (Å²) in [5.41, 5.74) is 9.21. The first-order valence-corrected chi connectivity index (χ1v) is 7.33. The molecule has 0 radical (unpaired) electrons. The molecule has 1 heterocycles. The lowest BCUT2D eigenvalue weighted by Gasteiger charge is -2.34. The summed E-state index contributed by atoms with van der Waals surface area (Å²) < 4.78 is 0. The van der Waals surface area contributed by atoms with Gasteiger partial charge in [-0.05, 0) is 44.7 Å². The van der Waals surface area contributed by atoms with Gasteiger partial charge in [0.1, 0.15) is 0 Å². The molecule has 0 bridgehead atoms. The number of likely N-dealkylation sites (tertiary alicyclic amines) is 1. The van der Waals surface area contributed by atoms with E-state index in [1.807, 2.05) is 0 Å². The second-order valence-electron chi connectivity index (χ2n) is 5.98. The fourth-order valence-corrected chi connectivity index (χ4v) is 3.24. The van der Waals surface area contributed by atoms with Gasteiger partial charge in [-0.2, -0.15) is 0 Å². The Kier molecular flexibility index (Phi) is 3.40. The van der Waals surface area contributed by atoms with Crippen molar-refractivity contribution < 1.29 is 0 Å². The Bertz CT molecular complexity index is 394. The first-order chi connectivity index (χ1) is 8.75. The third-order valence-electron chi connectivity index (χ3n) is 4.40. The predicted molar refractivity (Wildman–Crippen MR) is 75.5 cm³/mol. The van der Waals surface area contributed by atoms with Gasteiger partial charge in [-0.3, -0.25) is 4.90 Å². The minimum atomic E-state index is 0.302. The number of nitrogens with two attached hydrogens (primary N) is 1. The van der Waals surface area contributed by atoms with Crippen LogP contribution < -0.4 is 5.73 Å². The van der Waals surface area contributed by atoms with Crippen LogP contribution in [0.4, 0.5) is 0 Å². The number of hydrogen-bond donors (Lipinski definition) is 1. The molecule has 1 aliphatic carbocycles. The van der Waals surface area contributed by atoms with E-state index in [-0.39, 0.29) is 0 Å². The molecular weight excluding hydrogens is 220 g/mol. The highest BCUT2D eigenvalue weighted by Crippen LogP contribution is 2.38. The van der Waals surface area contributed by atoms with E-state index in [1.54, 1.807) is 0 Å². The maximum absolute atomic E-state index is 6.46. The van der Waals surface area contributed by atoms with E-state index in [9.17, 15) is 0 Å². The second kappa shape index (κ2) is 5.02. The molecule has 2 heteroatoms. The Balaban J connectivity index is 1.89. The van der Waals surface area contributed by atoms with Gasteiger partial charge in [0.05, 0.1) is 6.04 Å². The average molecular weight is 244 g/mol. The minimum absolute atomic E-state index is 0.302. The van der Waals surface area contributed by atoms with E-state index in [1.165, 1.54) is 49.8 Å². The van der Waals surface area contributed by atoms with Gasteiger partial charge in [0.15, 0.2) is 0 Å². The van der Waals surface area contributed by atoms with Crippen molar-refractivity contribution in [2.75, 3.05) is 6.54 Å². The van der Waals surface area contributed by atoms with Crippen LogP contribution in [0.2, 0.25) is 0 Å². The number of aryl methyl sites for hydroxylation is 1. The van der Waals surface area contributed by atoms with Crippen LogP contribution in [-0.2, 0) is 0 Å². The van der Waals surface area contributed by atoms with Crippen LogP contribution in [0.5, 0.6) is 0 Å². The van der Waals surface area contributed by atoms with Gasteiger partial charge in [-0.1, -0.05) is 36.2 Å². The van der Waals surface area contributed by atoms with Gasteiger partial charge in [0.25, 0.3) is 0 Å². The molecule has 1 aromatic rings. The van der Waals surface area contributed by atoms with Gasteiger partial charge in [-0.15, -0.1) is 0 Å². The Morgan fingerprint density at radius 1 is 1.06 bits per heavy atom. The predicted octanol–water partition coefficient (Wildman–Crippen LogP) is 3.01. The molecule has 1 aliphatic heterocycles. The van der Waals surface area contributed by atoms with Crippen LogP contribution in [0, 0.1) is 6.92 Å². The van der Waals surface area contributed by atoms with Gasteiger partial charge in [0, 0.05) is 12.1 Å². The molecule has 2 fully saturated rings. The standard InChI is InChI=1S/C16H24N2/c1-12-5-7-13(8-6-12)16-15(17)4-2-3-11-18(16)14-9-10-14/h5-8,14-16H,2-4,9-11,17H2,1H3. The number of benzene rings is 1. The van der Waals surface area contributed by atoms with Crippen LogP contribution in [0.1, 0.15) is 49.3 Å². The molecule has 2 unspecified atom stereocenters. The van der Waals surface area contributed by atoms with E-state index in [0.29, 0.717) is 12.1 Å². The van der Waals surface area contributed by atoms with Gasteiger partial charge in [0.2, 0.25) is 0 Å². The molecule has 3 rings (SSSR count). The largest absolute Gasteiger partial charge is 0.326 e. The van der Waals surface area contributed by atoms with E-state index in [4.69, 9.17) is 5.73 Å². The molecule has 0 aromatic heterocycles. The molecular formula is C16H24N2. The van der Waals surface area contributed by atoms with Crippen LogP contribution in [0.3, 0.4) is 0 Å². The lowest BCUT2D eigenvalue weighted by Crippen LogP contribution is -2.41. The average Bonchev–Trinajstić information content (AvgIpc) is 3.17. The summed E-state index contributed by atoms with van der Waals surface area (Å²) in [6.45, 7) is 3.38. The Hall–Kier alpha value is -0.860. The summed E-state index contributed by atoms with van der Waals surface area (Å²) >= 11 is 0. The SMILES string of the molecule is Cc1ccc(C2C(N)CCCCN2C2CC2)cc1. The van der Waals surface area contributed by atoms with E-state index >= 15 is 0 Å². The summed E-state index contributed by atoms with van der Waals surface area (Å²) in [4.78, 5) is 2.68. The van der Waals surface area contributed by atoms with Gasteiger partial charge in [-0.25, -0.2) is 0 Å². The third-order valence-corrected chi connectivity index (χ3v) is 4.40. The molecule has 1 saturated heterocycles. The van der Waals surface area contributed by atoms with Gasteiger partial charge >= 0.3 is 0 Å². The highest BCUT2D eigenvalue weighted by molar-refractivity contribution is 5.26. The number of nitrogens with zero attached hydrogens (tertiary/aromatic N) is 1. The molecule has 18 heavy (non-hydrogen) atoms. The highest BCUT2D eigenvalue weighted by atomic mass is 15.2. The van der Waals surface area contributed by atoms with Crippen LogP contribution in [0.15, 0.2) is 24.3 Å². The summed E-state index contributed by atoms with van der Waals surface area (Å²) in [7, 11) is 0. The summed E-state index contributed by atoms with van der Waals surface area (Å²) in [5, 5.41) is 0. The molecule has 0 amide bonds. The molecule has 2 N–H and O–H groups in total. The molecule has 2 nitrogen and oxygen atoms in total. The fraction of sp³-hybridized carbons (Fsp3) is 0.625. The zero-order valence-corrected chi connectivity index (χ0v) is 11.3. The number of rotatable bonds is 2. The Morgan fingerprint density at radius 2 is 1.78 bits per heavy atom. The molecule has 1 aromatic carbocycles. The van der Waals surface area contributed by atoms with Crippen molar-refractivity contribution in [2.45, 2.75) is 57.2 Å². The Morgan fingerprint density at radius 3 is 2.44 bits per heavy atom. The van der Waals surface area contributed by atoms with Gasteiger partial charge < -0.3 is 5.73 Å². The zero-order valence-electron chi connectivity index (χ0n) is 11.3. The fourth-order valence-electron chi connectivity index (χ4n) is 3.24. The maximum atomic E-state index is 6.46. The lowest BCUT2D eigenvalue weighted by atomic mass is 9.95. The van der Waals surface area contributed by atoms with Crippen molar-refractivity contribution in [3.05, 3.63) is 35.4 Å². The monoisotopic (exact) mass is 244 g/mol. The first kappa shape index (κ1) is 12.2. The molecule has 0 spiro atoms. The summed E-state index contributed by atoms with van der Waals surface area (Å²) in [5.74, 6) is 0. The topological polar surface area (TPSA) is 29.3 Å². The lowest BCUT2D eigenvalue weighted by molar-refractivity contribution is 0.175. The number of hydrogen-bond acceptors (Lipinski definition) is 2. The zero-order chi connectivity index (χ0) is 12.5. The minimum Gasteiger partial charge on any atom is -0.326 e. The molecule has 98 valence electrons. The van der Waals surface area contributed by atoms with Crippen molar-refractivity contribution >= 4 is 0 Å². The van der Waals surface area contributed by atoms with Crippen LogP contribution in [-0.4, -0.2) is 23.5 Å². The maximum Gasteiger partial charge on any atom is 0.0502 e. The smallest absolute Gasteiger partial charge is 0.0502 e. The highest BCUT2D eigenvalue weighted by Gasteiger charge is 2.37. The molecule has 1 saturated carbocycles. The molecule has 2 aliphatic rings. The van der Waals surface area contributed by atoms with Crippen molar-refractivity contribution in [1.29, 1.82) is 0 Å². The first-order valence-electron chi connectivity index (χ1n) is 7.33. The van der Waals surface area contributed by atoms with Crippen molar-refractivity contribution in [3.8, 4) is 0 Å². The van der Waals surface area contributed by atoms with Crippen molar-refractivity contribution in [3.63, 3.8) is 0 Å². The molecule has 2 atom stereocenters. The summed E-state index contributed by atoms with van der Waals surface area (Å²) in [6.07, 6.45) is 6.51. The van der Waals surface area contributed by atoms with Crippen molar-refractivity contribution in [2.24, 2.45) is 5.73 Å². The van der Waals surface area contributed by atoms with Crippen LogP contribution in [0.25, 0.3) is 0 Å². The van der Waals surface area contributed by atoms with E-state index in [0.717, 1.165) is 6.04 Å². The quantitative estimate of drug-likeness (QED) is 0.866. The normalized spacial score (nSPS) is 30.1. The second-order valence-corrected chi connectivity index (χ2v) is 5.98. The van der Waals surface area contributed by atoms with E-state index in [2.05, 4.69) is 36.1 Å². The van der Waals surface area contributed by atoms with Crippen molar-refractivity contribution in [1.82, 2.24) is 4.90 Å². The third kappa shape index (κ3) is 2.45. The summed E-state index contributed by atoms with van der Waals surface area (Å²) in [6, 6.07) is 10.5. The Labute approximate surface area is 110 Å². The van der Waals surface area contributed by atoms with Crippen LogP contribution >= 0.6 is 0 Å².